The van der Waals surface area contributed by atoms with Crippen molar-refractivity contribution >= 4 is 35.4 Å². The van der Waals surface area contributed by atoms with Gasteiger partial charge in [-0.05, 0) is 43.2 Å². The minimum atomic E-state index is -1.14. The standard InChI is InChI=1S/C39H50N8O7/c1-24(2)17-31-36(51)42-25(3)39(54)47-23-29(48)19-33(47)38(53)40-16-10-15-30(35(50)45-32(37(52)44-31)18-26-11-6-4-7-12-26)43-34(49)28-20-41-46(22-28)21-27-13-8-5-9-14-27/h4-9,11-14,20,22,24-25,29-33,48H,10,15-19,21,23H2,1-3H3,(H,40,53)(H,42,51)(H,43,49)(H,44,52)(H,45,50)/t25-,29+,30-,31-,32+,33-/m0/s1. The fourth-order valence-corrected chi connectivity index (χ4v) is 6.72. The van der Waals surface area contributed by atoms with Crippen LogP contribution in [0.4, 0.5) is 0 Å². The molecule has 15 nitrogen and oxygen atoms in total. The first-order valence-electron chi connectivity index (χ1n) is 18.5. The molecule has 54 heavy (non-hydrogen) atoms. The summed E-state index contributed by atoms with van der Waals surface area (Å²) in [5, 5.41) is 28.6. The Morgan fingerprint density at radius 1 is 0.889 bits per heavy atom. The van der Waals surface area contributed by atoms with Crippen LogP contribution in [-0.4, -0.2) is 105 Å². The van der Waals surface area contributed by atoms with Gasteiger partial charge in [0.15, 0.2) is 0 Å². The summed E-state index contributed by atoms with van der Waals surface area (Å²) in [7, 11) is 0. The van der Waals surface area contributed by atoms with E-state index in [2.05, 4.69) is 31.7 Å². The second-order valence-electron chi connectivity index (χ2n) is 14.4. The van der Waals surface area contributed by atoms with Gasteiger partial charge in [0.1, 0.15) is 30.2 Å². The number of benzene rings is 2. The predicted octanol–water partition coefficient (Wildman–Crippen LogP) is 0.665. The van der Waals surface area contributed by atoms with Crippen LogP contribution in [0.15, 0.2) is 73.1 Å². The molecule has 3 aromatic rings. The molecule has 6 N–H and O–H groups in total. The normalized spacial score (nSPS) is 24.8. The van der Waals surface area contributed by atoms with Crippen molar-refractivity contribution in [1.29, 1.82) is 0 Å². The molecule has 2 fully saturated rings. The first-order valence-corrected chi connectivity index (χ1v) is 18.5. The van der Waals surface area contributed by atoms with Gasteiger partial charge < -0.3 is 36.6 Å². The fourth-order valence-electron chi connectivity index (χ4n) is 6.72. The van der Waals surface area contributed by atoms with Crippen LogP contribution in [0.2, 0.25) is 0 Å². The second-order valence-corrected chi connectivity index (χ2v) is 14.4. The second kappa shape index (κ2) is 18.5. The highest BCUT2D eigenvalue weighted by Crippen LogP contribution is 2.20. The zero-order valence-electron chi connectivity index (χ0n) is 30.9. The van der Waals surface area contributed by atoms with Gasteiger partial charge in [0.05, 0.1) is 24.4 Å². The highest BCUT2D eigenvalue weighted by atomic mass is 16.3. The summed E-state index contributed by atoms with van der Waals surface area (Å²) < 4.78 is 1.61. The van der Waals surface area contributed by atoms with Crippen LogP contribution < -0.4 is 26.6 Å². The van der Waals surface area contributed by atoms with Gasteiger partial charge in [-0.25, -0.2) is 0 Å². The molecule has 15 heteroatoms. The molecule has 0 spiro atoms. The number of nitrogens with zero attached hydrogens (tertiary/aromatic N) is 3. The average Bonchev–Trinajstić information content (AvgIpc) is 3.78. The largest absolute Gasteiger partial charge is 0.391 e. The third-order valence-electron chi connectivity index (χ3n) is 9.52. The Balaban J connectivity index is 1.42. The first kappa shape index (κ1) is 39.6. The topological polar surface area (TPSA) is 204 Å². The Morgan fingerprint density at radius 3 is 2.22 bits per heavy atom. The molecule has 2 aromatic carbocycles. The van der Waals surface area contributed by atoms with Gasteiger partial charge in [-0.1, -0.05) is 74.5 Å². The van der Waals surface area contributed by atoms with Crippen molar-refractivity contribution < 1.29 is 33.9 Å². The number of carbonyl (C=O) groups excluding carboxylic acids is 6. The zero-order chi connectivity index (χ0) is 38.8. The molecule has 0 unspecified atom stereocenters. The summed E-state index contributed by atoms with van der Waals surface area (Å²) in [6.07, 6.45) is 2.73. The number of aliphatic hydroxyl groups is 1. The summed E-state index contributed by atoms with van der Waals surface area (Å²) >= 11 is 0. The van der Waals surface area contributed by atoms with Crippen molar-refractivity contribution in [2.45, 2.75) is 95.7 Å². The minimum Gasteiger partial charge on any atom is -0.391 e. The number of carbonyl (C=O) groups is 6. The van der Waals surface area contributed by atoms with Crippen LogP contribution in [0.25, 0.3) is 0 Å². The molecule has 1 aromatic heterocycles. The van der Waals surface area contributed by atoms with E-state index in [0.717, 1.165) is 11.1 Å². The number of fused-ring (bicyclic) bond motifs is 1. The average molecular weight is 743 g/mol. The van der Waals surface area contributed by atoms with Crippen LogP contribution in [0.5, 0.6) is 0 Å². The zero-order valence-corrected chi connectivity index (χ0v) is 30.9. The number of hydrogen-bond donors (Lipinski definition) is 6. The van der Waals surface area contributed by atoms with Gasteiger partial charge in [0.2, 0.25) is 29.5 Å². The Bertz CT molecular complexity index is 1780. The van der Waals surface area contributed by atoms with Crippen LogP contribution in [0, 0.1) is 5.92 Å². The van der Waals surface area contributed by atoms with Gasteiger partial charge in [0.25, 0.3) is 5.91 Å². The number of amides is 6. The lowest BCUT2D eigenvalue weighted by molar-refractivity contribution is -0.141. The Morgan fingerprint density at radius 2 is 1.54 bits per heavy atom. The number of hydrogen-bond acceptors (Lipinski definition) is 8. The number of nitrogens with one attached hydrogen (secondary N) is 5. The molecular formula is C39H50N8O7. The molecular weight excluding hydrogens is 692 g/mol. The van der Waals surface area contributed by atoms with Gasteiger partial charge in [-0.2, -0.15) is 5.10 Å². The molecule has 0 saturated carbocycles. The molecule has 2 aliphatic rings. The van der Waals surface area contributed by atoms with E-state index in [1.165, 1.54) is 18.0 Å². The highest BCUT2D eigenvalue weighted by Gasteiger charge is 2.41. The van der Waals surface area contributed by atoms with E-state index >= 15 is 0 Å². The fraction of sp³-hybridized carbons (Fsp3) is 0.462. The lowest BCUT2D eigenvalue weighted by atomic mass is 10.00. The van der Waals surface area contributed by atoms with Gasteiger partial charge >= 0.3 is 0 Å². The van der Waals surface area contributed by atoms with Crippen LogP contribution in [0.1, 0.15) is 67.9 Å². The Kier molecular flexibility index (Phi) is 13.5. The first-order chi connectivity index (χ1) is 25.9. The van der Waals surface area contributed by atoms with E-state index in [1.807, 2.05) is 74.5 Å². The molecule has 288 valence electrons. The van der Waals surface area contributed by atoms with E-state index in [4.69, 9.17) is 0 Å². The predicted molar refractivity (Wildman–Crippen MR) is 198 cm³/mol. The van der Waals surface area contributed by atoms with Crippen molar-refractivity contribution in [3.05, 3.63) is 89.7 Å². The SMILES string of the molecule is CC(C)C[C@@H]1NC(=O)[C@@H](Cc2ccccc2)NC(=O)[C@@H](NC(=O)c2cnn(Cc3ccccc3)c2)CCCNC(=O)[C@@H]2C[C@@H](O)CN2C(=O)[C@H](C)NC1=O. The highest BCUT2D eigenvalue weighted by molar-refractivity contribution is 5.99. The van der Waals surface area contributed by atoms with E-state index in [9.17, 15) is 33.9 Å². The molecule has 2 saturated heterocycles. The lowest BCUT2D eigenvalue weighted by Gasteiger charge is -2.29. The summed E-state index contributed by atoms with van der Waals surface area (Å²) in [5.74, 6) is -3.47. The molecule has 3 heterocycles. The van der Waals surface area contributed by atoms with Crippen molar-refractivity contribution in [3.8, 4) is 0 Å². The van der Waals surface area contributed by atoms with Gasteiger partial charge in [-0.3, -0.25) is 33.4 Å². The van der Waals surface area contributed by atoms with Crippen LogP contribution in [0.3, 0.4) is 0 Å². The molecule has 2 aliphatic heterocycles. The molecule has 6 amide bonds. The van der Waals surface area contributed by atoms with Gasteiger partial charge in [-0.15, -0.1) is 0 Å². The van der Waals surface area contributed by atoms with Crippen LogP contribution >= 0.6 is 0 Å². The van der Waals surface area contributed by atoms with Crippen molar-refractivity contribution in [2.75, 3.05) is 13.1 Å². The van der Waals surface area contributed by atoms with Crippen molar-refractivity contribution in [2.24, 2.45) is 5.92 Å². The maximum absolute atomic E-state index is 14.1. The third kappa shape index (κ3) is 10.7. The molecule has 0 aliphatic carbocycles. The van der Waals surface area contributed by atoms with E-state index in [1.54, 1.807) is 10.9 Å². The van der Waals surface area contributed by atoms with Crippen molar-refractivity contribution in [1.82, 2.24) is 41.3 Å². The van der Waals surface area contributed by atoms with Crippen molar-refractivity contribution in [3.63, 3.8) is 0 Å². The van der Waals surface area contributed by atoms with E-state index < -0.39 is 71.8 Å². The Hall–Kier alpha value is -5.57. The monoisotopic (exact) mass is 742 g/mol. The third-order valence-corrected chi connectivity index (χ3v) is 9.52. The summed E-state index contributed by atoms with van der Waals surface area (Å²) in [4.78, 5) is 83.3. The van der Waals surface area contributed by atoms with E-state index in [0.29, 0.717) is 6.54 Å². The summed E-state index contributed by atoms with van der Waals surface area (Å²) in [5.41, 5.74) is 1.97. The summed E-state index contributed by atoms with van der Waals surface area (Å²) in [6, 6.07) is 13.3. The molecule has 0 bridgehead atoms. The maximum atomic E-state index is 14.1. The quantitative estimate of drug-likeness (QED) is 0.193. The molecule has 5 rings (SSSR count). The smallest absolute Gasteiger partial charge is 0.255 e. The van der Waals surface area contributed by atoms with E-state index in [-0.39, 0.29) is 56.7 Å². The molecule has 0 radical (unpaired) electrons. The number of aromatic nitrogens is 2. The summed E-state index contributed by atoms with van der Waals surface area (Å²) in [6.45, 7) is 5.71. The van der Waals surface area contributed by atoms with Crippen LogP contribution in [-0.2, 0) is 36.9 Å². The van der Waals surface area contributed by atoms with Gasteiger partial charge in [0, 0.05) is 32.1 Å². The minimum absolute atomic E-state index is 0.0200. The maximum Gasteiger partial charge on any atom is 0.255 e. The molecule has 6 atom stereocenters. The Labute approximate surface area is 314 Å². The lowest BCUT2D eigenvalue weighted by Crippen LogP contribution is -2.59. The number of rotatable bonds is 8. The number of aliphatic hydroxyl groups excluding tert-OH is 1.